The molecule has 0 fully saturated rings. The summed E-state index contributed by atoms with van der Waals surface area (Å²) < 4.78 is 13.0. The number of halogens is 1. The quantitative estimate of drug-likeness (QED) is 0.709. The largest absolute Gasteiger partial charge is 0.399 e. The highest BCUT2D eigenvalue weighted by Crippen LogP contribution is 2.31. The number of anilines is 2. The molecule has 0 saturated carbocycles. The highest BCUT2D eigenvalue weighted by molar-refractivity contribution is 5.81. The second-order valence-electron chi connectivity index (χ2n) is 5.31. The van der Waals surface area contributed by atoms with E-state index in [0.29, 0.717) is 17.8 Å². The first kappa shape index (κ1) is 14.1. The van der Waals surface area contributed by atoms with Gasteiger partial charge in [0.05, 0.1) is 0 Å². The molecule has 110 valence electrons. The molecule has 3 heteroatoms. The molecule has 3 rings (SSSR count). The van der Waals surface area contributed by atoms with E-state index in [1.54, 1.807) is 18.2 Å². The number of hydrogen-bond acceptors (Lipinski definition) is 2. The van der Waals surface area contributed by atoms with Crippen molar-refractivity contribution < 1.29 is 4.39 Å². The van der Waals surface area contributed by atoms with Crippen LogP contribution in [0.2, 0.25) is 0 Å². The van der Waals surface area contributed by atoms with Gasteiger partial charge >= 0.3 is 0 Å². The predicted molar refractivity (Wildman–Crippen MR) is 89.9 cm³/mol. The van der Waals surface area contributed by atoms with E-state index in [2.05, 4.69) is 6.07 Å². The van der Waals surface area contributed by atoms with Gasteiger partial charge in [-0.2, -0.15) is 0 Å². The SMILES string of the molecule is Nc1ccc(N)c(-c2ccccc2Cc2ccc(F)cc2)c1. The monoisotopic (exact) mass is 292 g/mol. The molecule has 0 aliphatic carbocycles. The molecule has 0 aliphatic heterocycles. The first-order chi connectivity index (χ1) is 10.6. The van der Waals surface area contributed by atoms with E-state index in [9.17, 15) is 4.39 Å². The standard InChI is InChI=1S/C19H17FN2/c20-15-7-5-13(6-8-15)11-14-3-1-2-4-17(14)18-12-16(21)9-10-19(18)22/h1-10,12H,11,21-22H2. The molecule has 22 heavy (non-hydrogen) atoms. The Morgan fingerprint density at radius 2 is 1.50 bits per heavy atom. The lowest BCUT2D eigenvalue weighted by Gasteiger charge is -2.13. The van der Waals surface area contributed by atoms with Gasteiger partial charge in [-0.05, 0) is 53.4 Å². The zero-order valence-electron chi connectivity index (χ0n) is 12.1. The Bertz CT molecular complexity index is 795. The molecule has 0 spiro atoms. The van der Waals surface area contributed by atoms with Crippen LogP contribution >= 0.6 is 0 Å². The summed E-state index contributed by atoms with van der Waals surface area (Å²) in [5, 5.41) is 0. The summed E-state index contributed by atoms with van der Waals surface area (Å²) in [5.74, 6) is -0.225. The van der Waals surface area contributed by atoms with Crippen molar-refractivity contribution in [2.45, 2.75) is 6.42 Å². The maximum atomic E-state index is 13.0. The number of hydrogen-bond donors (Lipinski definition) is 2. The second kappa shape index (κ2) is 5.90. The summed E-state index contributed by atoms with van der Waals surface area (Å²) in [6, 6.07) is 20.1. The molecule has 2 nitrogen and oxygen atoms in total. The summed E-state index contributed by atoms with van der Waals surface area (Å²) in [6.45, 7) is 0. The molecule has 0 heterocycles. The van der Waals surface area contributed by atoms with Crippen molar-refractivity contribution in [2.75, 3.05) is 11.5 Å². The Kier molecular flexibility index (Phi) is 3.79. The minimum absolute atomic E-state index is 0.225. The van der Waals surface area contributed by atoms with E-state index < -0.39 is 0 Å². The van der Waals surface area contributed by atoms with Gasteiger partial charge in [0.15, 0.2) is 0 Å². The van der Waals surface area contributed by atoms with Gasteiger partial charge < -0.3 is 11.5 Å². The van der Waals surface area contributed by atoms with Crippen molar-refractivity contribution in [1.82, 2.24) is 0 Å². The average molecular weight is 292 g/mol. The Balaban J connectivity index is 2.03. The van der Waals surface area contributed by atoms with E-state index in [1.807, 2.05) is 30.3 Å². The average Bonchev–Trinajstić information content (AvgIpc) is 2.53. The van der Waals surface area contributed by atoms with Gasteiger partial charge in [0.1, 0.15) is 5.82 Å². The molecule has 0 unspecified atom stereocenters. The summed E-state index contributed by atoms with van der Waals surface area (Å²) in [4.78, 5) is 0. The summed E-state index contributed by atoms with van der Waals surface area (Å²) in [6.07, 6.45) is 0.713. The van der Waals surface area contributed by atoms with Crippen molar-refractivity contribution in [2.24, 2.45) is 0 Å². The zero-order chi connectivity index (χ0) is 15.5. The fraction of sp³-hybridized carbons (Fsp3) is 0.0526. The molecule has 0 amide bonds. The lowest BCUT2D eigenvalue weighted by Crippen LogP contribution is -1.97. The van der Waals surface area contributed by atoms with Crippen LogP contribution in [-0.4, -0.2) is 0 Å². The Morgan fingerprint density at radius 1 is 0.773 bits per heavy atom. The maximum Gasteiger partial charge on any atom is 0.123 e. The van der Waals surface area contributed by atoms with Gasteiger partial charge in [-0.15, -0.1) is 0 Å². The molecular weight excluding hydrogens is 275 g/mol. The number of nitrogens with two attached hydrogens (primary N) is 2. The Hall–Kier alpha value is -2.81. The highest BCUT2D eigenvalue weighted by atomic mass is 19.1. The fourth-order valence-electron chi connectivity index (χ4n) is 2.57. The van der Waals surface area contributed by atoms with Crippen molar-refractivity contribution in [3.05, 3.63) is 83.7 Å². The first-order valence-electron chi connectivity index (χ1n) is 7.11. The van der Waals surface area contributed by atoms with Crippen molar-refractivity contribution in [1.29, 1.82) is 0 Å². The van der Waals surface area contributed by atoms with E-state index in [0.717, 1.165) is 22.3 Å². The summed E-state index contributed by atoms with van der Waals surface area (Å²) in [7, 11) is 0. The molecule has 0 bridgehead atoms. The molecule has 3 aromatic carbocycles. The fourth-order valence-corrected chi connectivity index (χ4v) is 2.57. The topological polar surface area (TPSA) is 52.0 Å². The molecule has 3 aromatic rings. The van der Waals surface area contributed by atoms with Gasteiger partial charge in [-0.25, -0.2) is 4.39 Å². The zero-order valence-corrected chi connectivity index (χ0v) is 12.1. The van der Waals surface area contributed by atoms with E-state index in [-0.39, 0.29) is 5.82 Å². The third-order valence-corrected chi connectivity index (χ3v) is 3.69. The highest BCUT2D eigenvalue weighted by Gasteiger charge is 2.09. The minimum atomic E-state index is -0.225. The van der Waals surface area contributed by atoms with Crippen LogP contribution in [0, 0.1) is 5.82 Å². The van der Waals surface area contributed by atoms with Crippen LogP contribution in [0.25, 0.3) is 11.1 Å². The lowest BCUT2D eigenvalue weighted by atomic mass is 9.94. The molecule has 4 N–H and O–H groups in total. The molecule has 0 aliphatic rings. The molecular formula is C19H17FN2. The smallest absolute Gasteiger partial charge is 0.123 e. The Morgan fingerprint density at radius 3 is 2.27 bits per heavy atom. The van der Waals surface area contributed by atoms with Gasteiger partial charge in [-0.1, -0.05) is 36.4 Å². The summed E-state index contributed by atoms with van der Waals surface area (Å²) >= 11 is 0. The number of nitrogen functional groups attached to an aromatic ring is 2. The van der Waals surface area contributed by atoms with Crippen LogP contribution in [-0.2, 0) is 6.42 Å². The second-order valence-corrected chi connectivity index (χ2v) is 5.31. The van der Waals surface area contributed by atoms with Crippen LogP contribution in [0.5, 0.6) is 0 Å². The lowest BCUT2D eigenvalue weighted by molar-refractivity contribution is 0.627. The molecule has 0 atom stereocenters. The van der Waals surface area contributed by atoms with Crippen LogP contribution in [0.3, 0.4) is 0 Å². The van der Waals surface area contributed by atoms with Gasteiger partial charge in [0.25, 0.3) is 0 Å². The Labute approximate surface area is 129 Å². The van der Waals surface area contributed by atoms with Crippen LogP contribution in [0.4, 0.5) is 15.8 Å². The number of benzene rings is 3. The first-order valence-corrected chi connectivity index (χ1v) is 7.11. The maximum absolute atomic E-state index is 13.0. The van der Waals surface area contributed by atoms with Crippen molar-refractivity contribution in [3.63, 3.8) is 0 Å². The van der Waals surface area contributed by atoms with Crippen LogP contribution in [0.1, 0.15) is 11.1 Å². The third-order valence-electron chi connectivity index (χ3n) is 3.69. The van der Waals surface area contributed by atoms with Crippen LogP contribution in [0.15, 0.2) is 66.7 Å². The molecule has 0 saturated heterocycles. The van der Waals surface area contributed by atoms with Gasteiger partial charge in [0.2, 0.25) is 0 Å². The van der Waals surface area contributed by atoms with E-state index in [1.165, 1.54) is 12.1 Å². The minimum Gasteiger partial charge on any atom is -0.399 e. The van der Waals surface area contributed by atoms with Crippen molar-refractivity contribution in [3.8, 4) is 11.1 Å². The number of rotatable bonds is 3. The van der Waals surface area contributed by atoms with Crippen LogP contribution < -0.4 is 11.5 Å². The predicted octanol–water partition coefficient (Wildman–Crippen LogP) is 4.25. The van der Waals surface area contributed by atoms with Gasteiger partial charge in [-0.3, -0.25) is 0 Å². The van der Waals surface area contributed by atoms with E-state index in [4.69, 9.17) is 11.5 Å². The molecule has 0 radical (unpaired) electrons. The van der Waals surface area contributed by atoms with E-state index >= 15 is 0 Å². The normalized spacial score (nSPS) is 10.6. The molecule has 0 aromatic heterocycles. The third kappa shape index (κ3) is 2.93. The van der Waals surface area contributed by atoms with Crippen molar-refractivity contribution >= 4 is 11.4 Å². The van der Waals surface area contributed by atoms with Gasteiger partial charge in [0, 0.05) is 16.9 Å². The summed E-state index contributed by atoms with van der Waals surface area (Å²) in [5.41, 5.74) is 17.5.